The van der Waals surface area contributed by atoms with E-state index in [2.05, 4.69) is 46.8 Å². The molecule has 1 saturated heterocycles. The Morgan fingerprint density at radius 2 is 2.05 bits per heavy atom. The highest BCUT2D eigenvalue weighted by atomic mass is 79.9. The summed E-state index contributed by atoms with van der Waals surface area (Å²) < 4.78 is 7.03. The zero-order valence-corrected chi connectivity index (χ0v) is 13.4. The Labute approximate surface area is 124 Å². The van der Waals surface area contributed by atoms with Crippen LogP contribution in [-0.4, -0.2) is 37.2 Å². The first-order chi connectivity index (χ1) is 9.06. The fraction of sp³-hybridized carbons (Fsp3) is 0.600. The molecule has 1 aromatic carbocycles. The Kier molecular flexibility index (Phi) is 5.25. The lowest BCUT2D eigenvalue weighted by atomic mass is 10.1. The molecule has 19 heavy (non-hydrogen) atoms. The van der Waals surface area contributed by atoms with Crippen LogP contribution in [0.2, 0.25) is 0 Å². The summed E-state index contributed by atoms with van der Waals surface area (Å²) in [6.45, 7) is 8.02. The number of nitrogens with zero attached hydrogens (tertiary/aromatic N) is 1. The molecule has 0 spiro atoms. The van der Waals surface area contributed by atoms with Crippen molar-refractivity contribution in [2.45, 2.75) is 32.7 Å². The number of likely N-dealkylation sites (tertiary alicyclic amines) is 1. The van der Waals surface area contributed by atoms with E-state index in [1.165, 1.54) is 22.0 Å². The van der Waals surface area contributed by atoms with Crippen molar-refractivity contribution < 1.29 is 4.74 Å². The average molecular weight is 327 g/mol. The van der Waals surface area contributed by atoms with E-state index in [0.717, 1.165) is 38.4 Å². The van der Waals surface area contributed by atoms with Gasteiger partial charge in [-0.3, -0.25) is 4.90 Å². The van der Waals surface area contributed by atoms with Crippen LogP contribution in [0.4, 0.5) is 0 Å². The highest BCUT2D eigenvalue weighted by Gasteiger charge is 2.16. The van der Waals surface area contributed by atoms with Crippen molar-refractivity contribution in [1.82, 2.24) is 4.90 Å². The van der Waals surface area contributed by atoms with Crippen LogP contribution in [0.5, 0.6) is 5.75 Å². The zero-order chi connectivity index (χ0) is 13.8. The van der Waals surface area contributed by atoms with E-state index in [0.29, 0.717) is 6.04 Å². The fourth-order valence-electron chi connectivity index (χ4n) is 2.58. The maximum atomic E-state index is 5.98. The molecule has 0 radical (unpaired) electrons. The summed E-state index contributed by atoms with van der Waals surface area (Å²) in [6.07, 6.45) is 2.36. The van der Waals surface area contributed by atoms with E-state index >= 15 is 0 Å². The third kappa shape index (κ3) is 4.20. The standard InChI is InChI=1S/C15H23BrN2O/c1-11-8-14(9-12(2)15(11)16)19-7-6-18-5-3-4-13(17)10-18/h8-9,13H,3-7,10,17H2,1-2H3. The normalized spacial score (nSPS) is 20.5. The maximum Gasteiger partial charge on any atom is 0.119 e. The molecule has 0 saturated carbocycles. The van der Waals surface area contributed by atoms with Gasteiger partial charge in [-0.2, -0.15) is 0 Å². The third-order valence-corrected chi connectivity index (χ3v) is 4.88. The monoisotopic (exact) mass is 326 g/mol. The molecular weight excluding hydrogens is 304 g/mol. The van der Waals surface area contributed by atoms with Gasteiger partial charge in [-0.25, -0.2) is 0 Å². The minimum atomic E-state index is 0.339. The van der Waals surface area contributed by atoms with Gasteiger partial charge in [0.25, 0.3) is 0 Å². The van der Waals surface area contributed by atoms with E-state index in [-0.39, 0.29) is 0 Å². The van der Waals surface area contributed by atoms with Gasteiger partial charge in [0.15, 0.2) is 0 Å². The van der Waals surface area contributed by atoms with Crippen molar-refractivity contribution in [1.29, 1.82) is 0 Å². The van der Waals surface area contributed by atoms with Gasteiger partial charge in [-0.1, -0.05) is 15.9 Å². The lowest BCUT2D eigenvalue weighted by molar-refractivity contribution is 0.171. The number of piperidine rings is 1. The van der Waals surface area contributed by atoms with Crippen molar-refractivity contribution in [3.05, 3.63) is 27.7 Å². The summed E-state index contributed by atoms with van der Waals surface area (Å²) in [5, 5.41) is 0. The smallest absolute Gasteiger partial charge is 0.119 e. The van der Waals surface area contributed by atoms with Gasteiger partial charge in [0.05, 0.1) is 0 Å². The van der Waals surface area contributed by atoms with E-state index < -0.39 is 0 Å². The highest BCUT2D eigenvalue weighted by Crippen LogP contribution is 2.26. The summed E-state index contributed by atoms with van der Waals surface area (Å²) in [5.74, 6) is 0.958. The number of benzene rings is 1. The van der Waals surface area contributed by atoms with Crippen molar-refractivity contribution in [2.75, 3.05) is 26.2 Å². The van der Waals surface area contributed by atoms with Gasteiger partial charge < -0.3 is 10.5 Å². The topological polar surface area (TPSA) is 38.5 Å². The summed E-state index contributed by atoms with van der Waals surface area (Å²) in [7, 11) is 0. The molecule has 1 aromatic rings. The molecule has 1 unspecified atom stereocenters. The van der Waals surface area contributed by atoms with Crippen molar-refractivity contribution in [3.8, 4) is 5.75 Å². The number of hydrogen-bond acceptors (Lipinski definition) is 3. The van der Waals surface area contributed by atoms with Crippen LogP contribution >= 0.6 is 15.9 Å². The number of aryl methyl sites for hydroxylation is 2. The summed E-state index contributed by atoms with van der Waals surface area (Å²) in [6, 6.07) is 4.50. The predicted molar refractivity (Wildman–Crippen MR) is 82.8 cm³/mol. The first kappa shape index (κ1) is 14.8. The Morgan fingerprint density at radius 1 is 1.37 bits per heavy atom. The molecule has 3 nitrogen and oxygen atoms in total. The van der Waals surface area contributed by atoms with Gasteiger partial charge >= 0.3 is 0 Å². The highest BCUT2D eigenvalue weighted by molar-refractivity contribution is 9.10. The first-order valence-corrected chi connectivity index (χ1v) is 7.73. The Hall–Kier alpha value is -0.580. The predicted octanol–water partition coefficient (Wildman–Crippen LogP) is 2.87. The van der Waals surface area contributed by atoms with E-state index in [4.69, 9.17) is 10.5 Å². The number of hydrogen-bond donors (Lipinski definition) is 1. The van der Waals surface area contributed by atoms with Gasteiger partial charge in [0.2, 0.25) is 0 Å². The second-order valence-corrected chi connectivity index (χ2v) is 6.22. The zero-order valence-electron chi connectivity index (χ0n) is 11.8. The van der Waals surface area contributed by atoms with Crippen molar-refractivity contribution >= 4 is 15.9 Å². The molecule has 1 heterocycles. The second kappa shape index (κ2) is 6.73. The molecule has 0 aromatic heterocycles. The molecular formula is C15H23BrN2O. The van der Waals surface area contributed by atoms with Crippen molar-refractivity contribution in [3.63, 3.8) is 0 Å². The van der Waals surface area contributed by atoms with Gasteiger partial charge in [-0.05, 0) is 56.5 Å². The number of nitrogens with two attached hydrogens (primary N) is 1. The van der Waals surface area contributed by atoms with Gasteiger partial charge in [-0.15, -0.1) is 0 Å². The average Bonchev–Trinajstić information content (AvgIpc) is 2.36. The number of halogens is 1. The molecule has 106 valence electrons. The summed E-state index contributed by atoms with van der Waals surface area (Å²) >= 11 is 3.57. The Morgan fingerprint density at radius 3 is 2.68 bits per heavy atom. The van der Waals surface area contributed by atoms with E-state index in [1.54, 1.807) is 0 Å². The Bertz CT molecular complexity index is 413. The van der Waals surface area contributed by atoms with Crippen LogP contribution < -0.4 is 10.5 Å². The summed E-state index contributed by atoms with van der Waals surface area (Å²) in [4.78, 5) is 2.40. The van der Waals surface area contributed by atoms with Crippen LogP contribution in [-0.2, 0) is 0 Å². The van der Waals surface area contributed by atoms with Crippen LogP contribution in [0.3, 0.4) is 0 Å². The van der Waals surface area contributed by atoms with Crippen LogP contribution in [0.1, 0.15) is 24.0 Å². The number of ether oxygens (including phenoxy) is 1. The molecule has 0 bridgehead atoms. The minimum Gasteiger partial charge on any atom is -0.492 e. The molecule has 2 N–H and O–H groups in total. The molecule has 0 amide bonds. The largest absolute Gasteiger partial charge is 0.492 e. The maximum absolute atomic E-state index is 5.98. The minimum absolute atomic E-state index is 0.339. The molecule has 2 rings (SSSR count). The van der Waals surface area contributed by atoms with E-state index in [1.807, 2.05) is 0 Å². The lowest BCUT2D eigenvalue weighted by Gasteiger charge is -2.30. The van der Waals surface area contributed by atoms with E-state index in [9.17, 15) is 0 Å². The Balaban J connectivity index is 1.82. The van der Waals surface area contributed by atoms with Crippen LogP contribution in [0.25, 0.3) is 0 Å². The van der Waals surface area contributed by atoms with Gasteiger partial charge in [0, 0.05) is 23.6 Å². The lowest BCUT2D eigenvalue weighted by Crippen LogP contribution is -2.44. The molecule has 0 aliphatic carbocycles. The number of rotatable bonds is 4. The second-order valence-electron chi connectivity index (χ2n) is 5.42. The SMILES string of the molecule is Cc1cc(OCCN2CCCC(N)C2)cc(C)c1Br. The van der Waals surface area contributed by atoms with Gasteiger partial charge in [0.1, 0.15) is 12.4 Å². The third-order valence-electron chi connectivity index (χ3n) is 3.63. The molecule has 1 fully saturated rings. The molecule has 1 atom stereocenters. The first-order valence-electron chi connectivity index (χ1n) is 6.93. The van der Waals surface area contributed by atoms with Crippen molar-refractivity contribution in [2.24, 2.45) is 5.73 Å². The van der Waals surface area contributed by atoms with Crippen LogP contribution in [0, 0.1) is 13.8 Å². The quantitative estimate of drug-likeness (QED) is 0.924. The molecule has 1 aliphatic rings. The molecule has 1 aliphatic heterocycles. The van der Waals surface area contributed by atoms with Crippen LogP contribution in [0.15, 0.2) is 16.6 Å². The fourth-order valence-corrected chi connectivity index (χ4v) is 2.81. The summed E-state index contributed by atoms with van der Waals surface area (Å²) in [5.41, 5.74) is 8.41. The molecule has 4 heteroatoms.